The molecule has 13 heavy (non-hydrogen) atoms. The van der Waals surface area contributed by atoms with Crippen molar-refractivity contribution < 1.29 is 9.90 Å². The van der Waals surface area contributed by atoms with Crippen LogP contribution in [0.1, 0.15) is 40.5 Å². The Bertz CT molecular complexity index is 156. The second-order valence-electron chi connectivity index (χ2n) is 3.50. The smallest absolute Gasteiger partial charge is 0.219 e. The van der Waals surface area contributed by atoms with E-state index in [9.17, 15) is 9.90 Å². The number of hydrogen-bond acceptors (Lipinski definition) is 2. The fraction of sp³-hybridized carbons (Fsp3) is 0.900. The zero-order valence-corrected chi connectivity index (χ0v) is 9.13. The molecule has 0 aromatic rings. The molecule has 1 rings (SSSR count). The van der Waals surface area contributed by atoms with Crippen LogP contribution in [0, 0.1) is 0 Å². The average Bonchev–Trinajstić information content (AvgIpc) is 2.07. The normalized spacial score (nSPS) is 20.2. The number of carbonyl (C=O) groups is 1. The summed E-state index contributed by atoms with van der Waals surface area (Å²) in [6.07, 6.45) is 1.40. The number of carbonyl (C=O) groups excluding carboxylic acids is 1. The summed E-state index contributed by atoms with van der Waals surface area (Å²) in [5, 5.41) is 9.54. The highest BCUT2D eigenvalue weighted by Gasteiger charge is 2.27. The zero-order valence-electron chi connectivity index (χ0n) is 9.13. The first-order chi connectivity index (χ1) is 6.01. The quantitative estimate of drug-likeness (QED) is 0.623. The summed E-state index contributed by atoms with van der Waals surface area (Å²) >= 11 is 0. The Kier molecular flexibility index (Phi) is 4.99. The van der Waals surface area contributed by atoms with Gasteiger partial charge in [0.2, 0.25) is 5.91 Å². The highest BCUT2D eigenvalue weighted by Crippen LogP contribution is 2.20. The Labute approximate surface area is 80.7 Å². The van der Waals surface area contributed by atoms with Crippen molar-refractivity contribution in [2.45, 2.75) is 46.1 Å². The van der Waals surface area contributed by atoms with E-state index in [0.717, 1.165) is 0 Å². The summed E-state index contributed by atoms with van der Waals surface area (Å²) in [5.41, 5.74) is -0.550. The molecule has 0 saturated carbocycles. The Morgan fingerprint density at radius 1 is 1.31 bits per heavy atom. The van der Waals surface area contributed by atoms with Crippen LogP contribution in [0.4, 0.5) is 0 Å². The monoisotopic (exact) mass is 187 g/mol. The van der Waals surface area contributed by atoms with Crippen LogP contribution < -0.4 is 0 Å². The molecular formula is C10H21NO2. The maximum absolute atomic E-state index is 10.9. The van der Waals surface area contributed by atoms with Gasteiger partial charge in [0.25, 0.3) is 0 Å². The van der Waals surface area contributed by atoms with Crippen molar-refractivity contribution in [3.8, 4) is 0 Å². The molecule has 0 aromatic heterocycles. The number of hydrogen-bond donors (Lipinski definition) is 1. The zero-order chi connectivity index (χ0) is 10.5. The molecule has 1 aliphatic heterocycles. The van der Waals surface area contributed by atoms with Crippen molar-refractivity contribution >= 4 is 5.91 Å². The second kappa shape index (κ2) is 5.22. The Morgan fingerprint density at radius 2 is 1.69 bits per heavy atom. The third-order valence-electron chi connectivity index (χ3n) is 2.29. The fourth-order valence-electron chi connectivity index (χ4n) is 1.30. The number of piperidine rings is 1. The topological polar surface area (TPSA) is 40.5 Å². The largest absolute Gasteiger partial charge is 0.390 e. The number of amides is 1. The molecule has 1 fully saturated rings. The van der Waals surface area contributed by atoms with Gasteiger partial charge in [0, 0.05) is 20.0 Å². The van der Waals surface area contributed by atoms with Crippen LogP contribution >= 0.6 is 0 Å². The Hall–Kier alpha value is -0.570. The van der Waals surface area contributed by atoms with Gasteiger partial charge in [0.1, 0.15) is 0 Å². The van der Waals surface area contributed by atoms with Gasteiger partial charge in [-0.05, 0) is 19.8 Å². The minimum atomic E-state index is -0.550. The van der Waals surface area contributed by atoms with Crippen LogP contribution in [0.25, 0.3) is 0 Å². The molecule has 1 saturated heterocycles. The van der Waals surface area contributed by atoms with Crippen LogP contribution in [-0.2, 0) is 4.79 Å². The molecule has 0 bridgehead atoms. The number of nitrogens with zero attached hydrogens (tertiary/aromatic N) is 1. The van der Waals surface area contributed by atoms with Gasteiger partial charge in [-0.2, -0.15) is 0 Å². The van der Waals surface area contributed by atoms with Crippen LogP contribution in [0.15, 0.2) is 0 Å². The van der Waals surface area contributed by atoms with Crippen molar-refractivity contribution in [3.05, 3.63) is 0 Å². The molecule has 0 aromatic carbocycles. The predicted molar refractivity (Wildman–Crippen MR) is 53.5 cm³/mol. The van der Waals surface area contributed by atoms with E-state index in [1.165, 1.54) is 0 Å². The first-order valence-electron chi connectivity index (χ1n) is 4.99. The Balaban J connectivity index is 0.000000671. The van der Waals surface area contributed by atoms with Crippen LogP contribution in [-0.4, -0.2) is 34.6 Å². The summed E-state index contributed by atoms with van der Waals surface area (Å²) in [6.45, 7) is 8.79. The minimum Gasteiger partial charge on any atom is -0.390 e. The van der Waals surface area contributed by atoms with E-state index in [2.05, 4.69) is 0 Å². The third kappa shape index (κ3) is 4.27. The summed E-state index contributed by atoms with van der Waals surface area (Å²) < 4.78 is 0. The number of aliphatic hydroxyl groups is 1. The molecule has 0 atom stereocenters. The van der Waals surface area contributed by atoms with Gasteiger partial charge in [-0.3, -0.25) is 4.79 Å². The van der Waals surface area contributed by atoms with Gasteiger partial charge in [-0.1, -0.05) is 13.8 Å². The first kappa shape index (κ1) is 12.4. The van der Waals surface area contributed by atoms with E-state index in [1.54, 1.807) is 11.8 Å². The molecular weight excluding hydrogens is 166 g/mol. The Morgan fingerprint density at radius 3 is 2.00 bits per heavy atom. The predicted octanol–water partition coefficient (Wildman–Crippen LogP) is 1.41. The van der Waals surface area contributed by atoms with E-state index in [1.807, 2.05) is 20.8 Å². The van der Waals surface area contributed by atoms with Gasteiger partial charge in [-0.15, -0.1) is 0 Å². The van der Waals surface area contributed by atoms with Crippen LogP contribution in [0.5, 0.6) is 0 Å². The van der Waals surface area contributed by atoms with E-state index < -0.39 is 5.60 Å². The third-order valence-corrected chi connectivity index (χ3v) is 2.29. The second-order valence-corrected chi connectivity index (χ2v) is 3.50. The lowest BCUT2D eigenvalue weighted by Gasteiger charge is -2.35. The van der Waals surface area contributed by atoms with E-state index >= 15 is 0 Å². The van der Waals surface area contributed by atoms with Gasteiger partial charge in [0.15, 0.2) is 0 Å². The number of likely N-dealkylation sites (tertiary alicyclic amines) is 1. The maximum Gasteiger partial charge on any atom is 0.219 e. The molecule has 78 valence electrons. The van der Waals surface area contributed by atoms with Crippen molar-refractivity contribution in [1.82, 2.24) is 4.90 Å². The van der Waals surface area contributed by atoms with Gasteiger partial charge in [-0.25, -0.2) is 0 Å². The highest BCUT2D eigenvalue weighted by atomic mass is 16.3. The molecule has 0 radical (unpaired) electrons. The minimum absolute atomic E-state index is 0.112. The molecule has 0 unspecified atom stereocenters. The van der Waals surface area contributed by atoms with E-state index in [0.29, 0.717) is 25.9 Å². The molecule has 0 aliphatic carbocycles. The maximum atomic E-state index is 10.9. The highest BCUT2D eigenvalue weighted by molar-refractivity contribution is 5.73. The lowest BCUT2D eigenvalue weighted by molar-refractivity contribution is -0.132. The summed E-state index contributed by atoms with van der Waals surface area (Å²) in [5.74, 6) is 0.112. The van der Waals surface area contributed by atoms with Gasteiger partial charge < -0.3 is 10.0 Å². The van der Waals surface area contributed by atoms with Crippen molar-refractivity contribution in [1.29, 1.82) is 0 Å². The standard InChI is InChI=1S/C8H15NO2.C2H6/c1-7(10)9-5-3-8(2,11)4-6-9;1-2/h11H,3-6H2,1-2H3;1-2H3. The summed E-state index contributed by atoms with van der Waals surface area (Å²) in [6, 6.07) is 0. The van der Waals surface area contributed by atoms with Crippen molar-refractivity contribution in [3.63, 3.8) is 0 Å². The van der Waals surface area contributed by atoms with Crippen molar-refractivity contribution in [2.75, 3.05) is 13.1 Å². The average molecular weight is 187 g/mol. The summed E-state index contributed by atoms with van der Waals surface area (Å²) in [7, 11) is 0. The van der Waals surface area contributed by atoms with Crippen molar-refractivity contribution in [2.24, 2.45) is 0 Å². The lowest BCUT2D eigenvalue weighted by Crippen LogP contribution is -2.44. The molecule has 1 N–H and O–H groups in total. The van der Waals surface area contributed by atoms with E-state index in [-0.39, 0.29) is 5.91 Å². The lowest BCUT2D eigenvalue weighted by atomic mass is 9.94. The van der Waals surface area contributed by atoms with E-state index in [4.69, 9.17) is 0 Å². The summed E-state index contributed by atoms with van der Waals surface area (Å²) in [4.78, 5) is 12.6. The molecule has 3 nitrogen and oxygen atoms in total. The first-order valence-corrected chi connectivity index (χ1v) is 4.99. The molecule has 3 heteroatoms. The molecule has 1 heterocycles. The molecule has 1 amide bonds. The van der Waals surface area contributed by atoms with Gasteiger partial charge in [0.05, 0.1) is 5.60 Å². The van der Waals surface area contributed by atoms with Crippen LogP contribution in [0.3, 0.4) is 0 Å². The number of rotatable bonds is 0. The van der Waals surface area contributed by atoms with Gasteiger partial charge >= 0.3 is 0 Å². The molecule has 0 spiro atoms. The SMILES string of the molecule is CC.CC(=O)N1CCC(C)(O)CC1. The van der Waals surface area contributed by atoms with Crippen LogP contribution in [0.2, 0.25) is 0 Å². The molecule has 1 aliphatic rings. The fourth-order valence-corrected chi connectivity index (χ4v) is 1.30.